The smallest absolute Gasteiger partial charge is 0.159 e. The molecule has 0 saturated heterocycles. The molecule has 0 spiro atoms. The van der Waals surface area contributed by atoms with E-state index in [0.717, 1.165) is 24.0 Å². The third-order valence-electron chi connectivity index (χ3n) is 6.40. The number of anilines is 2. The summed E-state index contributed by atoms with van der Waals surface area (Å²) in [5, 5.41) is 8.43. The van der Waals surface area contributed by atoms with Gasteiger partial charge in [-0.15, -0.1) is 0 Å². The van der Waals surface area contributed by atoms with Gasteiger partial charge in [0.25, 0.3) is 0 Å². The predicted octanol–water partition coefficient (Wildman–Crippen LogP) is 4.42. The van der Waals surface area contributed by atoms with E-state index in [1.807, 2.05) is 64.2 Å². The molecule has 0 radical (unpaired) electrons. The number of benzene rings is 2. The van der Waals surface area contributed by atoms with E-state index in [2.05, 4.69) is 25.3 Å². The van der Waals surface area contributed by atoms with E-state index in [-0.39, 0.29) is 11.7 Å². The lowest BCUT2D eigenvalue weighted by Gasteiger charge is -2.45. The summed E-state index contributed by atoms with van der Waals surface area (Å²) in [6, 6.07) is 8.97. The average molecular weight is 439 g/mol. The van der Waals surface area contributed by atoms with Crippen LogP contribution in [0.25, 0.3) is 22.0 Å². The van der Waals surface area contributed by atoms with Crippen molar-refractivity contribution in [3.8, 4) is 11.1 Å². The number of likely N-dealkylation sites (N-methyl/N-ethyl adjacent to an activating group) is 1. The zero-order valence-electron chi connectivity index (χ0n) is 19.0. The molecule has 0 fully saturated rings. The lowest BCUT2D eigenvalue weighted by Crippen LogP contribution is -2.60. The van der Waals surface area contributed by atoms with E-state index >= 15 is 8.78 Å². The van der Waals surface area contributed by atoms with E-state index in [4.69, 9.17) is 0 Å². The van der Waals surface area contributed by atoms with Crippen molar-refractivity contribution in [2.75, 3.05) is 30.9 Å². The minimum atomic E-state index is -0.585. The molecule has 2 aromatic carbocycles. The van der Waals surface area contributed by atoms with Crippen molar-refractivity contribution in [3.05, 3.63) is 48.2 Å². The van der Waals surface area contributed by atoms with Gasteiger partial charge in [-0.3, -0.25) is 10.3 Å². The number of amidine groups is 1. The number of aromatic nitrogens is 1. The van der Waals surface area contributed by atoms with Crippen LogP contribution in [0.1, 0.15) is 20.8 Å². The summed E-state index contributed by atoms with van der Waals surface area (Å²) < 4.78 is 33.7. The Hall–Kier alpha value is -3.13. The summed E-state index contributed by atoms with van der Waals surface area (Å²) in [6.07, 6.45) is 1.71. The molecule has 3 aromatic rings. The molecule has 1 atom stereocenters. The van der Waals surface area contributed by atoms with Gasteiger partial charge in [0.2, 0.25) is 0 Å². The quantitative estimate of drug-likeness (QED) is 0.633. The highest BCUT2D eigenvalue weighted by atomic mass is 19.1. The summed E-state index contributed by atoms with van der Waals surface area (Å²) in [5.41, 5.74) is 4.85. The molecule has 2 N–H and O–H groups in total. The predicted molar refractivity (Wildman–Crippen MR) is 126 cm³/mol. The van der Waals surface area contributed by atoms with Crippen LogP contribution in [0.15, 0.2) is 41.6 Å². The first-order valence-electron chi connectivity index (χ1n) is 10.8. The minimum absolute atomic E-state index is 0.0142. The van der Waals surface area contributed by atoms with Gasteiger partial charge in [-0.25, -0.2) is 8.78 Å². The molecule has 1 unspecified atom stereocenters. The molecule has 2 aliphatic rings. The summed E-state index contributed by atoms with van der Waals surface area (Å²) in [5.74, 6) is -0.520. The molecule has 0 bridgehead atoms. The van der Waals surface area contributed by atoms with E-state index in [0.29, 0.717) is 22.8 Å². The third-order valence-corrected chi connectivity index (χ3v) is 6.40. The van der Waals surface area contributed by atoms with Crippen LogP contribution in [0, 0.1) is 11.6 Å². The Bertz CT molecular complexity index is 1240. The van der Waals surface area contributed by atoms with E-state index in [1.165, 1.54) is 6.07 Å². The SMILES string of the molecule is CC1=NNC2N1c1c(cc(F)c(-c3cccc4c3ccn4CCN(C)C)c1F)NC2(C)C. The highest BCUT2D eigenvalue weighted by molar-refractivity contribution is 6.04. The van der Waals surface area contributed by atoms with Gasteiger partial charge in [0.05, 0.1) is 16.8 Å². The standard InChI is InChI=1S/C24H28F2N6/c1-14-28-29-23-24(2,3)27-18-13-17(25)20(21(26)22(18)32(14)23)16-7-6-8-19-15(16)9-10-31(19)12-11-30(4)5/h6-10,13,23,27,29H,11-12H2,1-5H3. The number of hydrogen-bond donors (Lipinski definition) is 2. The van der Waals surface area contributed by atoms with Crippen LogP contribution in [-0.2, 0) is 6.54 Å². The van der Waals surface area contributed by atoms with Gasteiger partial charge in [-0.2, -0.15) is 5.10 Å². The maximum atomic E-state index is 16.1. The van der Waals surface area contributed by atoms with Crippen molar-refractivity contribution in [2.24, 2.45) is 5.10 Å². The van der Waals surface area contributed by atoms with Gasteiger partial charge in [0.15, 0.2) is 5.82 Å². The van der Waals surface area contributed by atoms with Gasteiger partial charge in [0.1, 0.15) is 23.5 Å². The van der Waals surface area contributed by atoms with Crippen LogP contribution in [0.2, 0.25) is 0 Å². The molecule has 0 amide bonds. The topological polar surface area (TPSA) is 47.8 Å². The molecule has 8 heteroatoms. The van der Waals surface area contributed by atoms with Gasteiger partial charge in [-0.1, -0.05) is 12.1 Å². The lowest BCUT2D eigenvalue weighted by molar-refractivity contribution is 0.387. The van der Waals surface area contributed by atoms with Crippen molar-refractivity contribution in [2.45, 2.75) is 39.0 Å². The van der Waals surface area contributed by atoms with Crippen molar-refractivity contribution < 1.29 is 8.78 Å². The number of fused-ring (bicyclic) bond motifs is 4. The molecule has 6 nitrogen and oxygen atoms in total. The molecule has 168 valence electrons. The normalized spacial score (nSPS) is 18.9. The summed E-state index contributed by atoms with van der Waals surface area (Å²) in [4.78, 5) is 3.93. The number of halogens is 2. The molecule has 5 rings (SSSR count). The van der Waals surface area contributed by atoms with Crippen molar-refractivity contribution >= 4 is 28.1 Å². The van der Waals surface area contributed by atoms with Crippen molar-refractivity contribution in [1.82, 2.24) is 14.9 Å². The number of rotatable bonds is 4. The number of nitrogens with one attached hydrogen (secondary N) is 2. The molecular weight excluding hydrogens is 410 g/mol. The Morgan fingerprint density at radius 1 is 1.19 bits per heavy atom. The second-order valence-corrected chi connectivity index (χ2v) is 9.40. The fraction of sp³-hybridized carbons (Fsp3) is 0.375. The Labute approximate surface area is 186 Å². The number of hydrogen-bond acceptors (Lipinski definition) is 5. The van der Waals surface area contributed by atoms with Gasteiger partial charge >= 0.3 is 0 Å². The molecule has 0 saturated carbocycles. The van der Waals surface area contributed by atoms with E-state index < -0.39 is 17.2 Å². The van der Waals surface area contributed by atoms with Crippen LogP contribution in [0.3, 0.4) is 0 Å². The second-order valence-electron chi connectivity index (χ2n) is 9.40. The van der Waals surface area contributed by atoms with Crippen LogP contribution in [0.5, 0.6) is 0 Å². The van der Waals surface area contributed by atoms with Crippen LogP contribution >= 0.6 is 0 Å². The Balaban J connectivity index is 1.68. The second kappa shape index (κ2) is 7.20. The first kappa shape index (κ1) is 20.8. The summed E-state index contributed by atoms with van der Waals surface area (Å²) >= 11 is 0. The first-order chi connectivity index (χ1) is 15.2. The van der Waals surface area contributed by atoms with Crippen LogP contribution < -0.4 is 15.6 Å². The van der Waals surface area contributed by atoms with E-state index in [9.17, 15) is 0 Å². The average Bonchev–Trinajstić information content (AvgIpc) is 3.31. The van der Waals surface area contributed by atoms with Gasteiger partial charge < -0.3 is 14.8 Å². The third kappa shape index (κ3) is 3.04. The minimum Gasteiger partial charge on any atom is -0.374 e. The fourth-order valence-corrected chi connectivity index (χ4v) is 4.77. The Kier molecular flexibility index (Phi) is 4.67. The highest BCUT2D eigenvalue weighted by Gasteiger charge is 2.46. The van der Waals surface area contributed by atoms with Crippen LogP contribution in [-0.4, -0.2) is 47.6 Å². The van der Waals surface area contributed by atoms with Gasteiger partial charge in [-0.05, 0) is 58.6 Å². The van der Waals surface area contributed by atoms with Crippen LogP contribution in [0.4, 0.5) is 20.2 Å². The first-order valence-corrected chi connectivity index (χ1v) is 10.8. The number of hydrazone groups is 1. The Morgan fingerprint density at radius 3 is 2.72 bits per heavy atom. The van der Waals surface area contributed by atoms with E-state index in [1.54, 1.807) is 6.07 Å². The number of nitrogens with zero attached hydrogens (tertiary/aromatic N) is 4. The molecule has 0 aliphatic carbocycles. The van der Waals surface area contributed by atoms with Crippen molar-refractivity contribution in [3.63, 3.8) is 0 Å². The monoisotopic (exact) mass is 438 g/mol. The fourth-order valence-electron chi connectivity index (χ4n) is 4.77. The molecule has 3 heterocycles. The molecule has 2 aliphatic heterocycles. The molecular formula is C24H28F2N6. The van der Waals surface area contributed by atoms with Crippen molar-refractivity contribution in [1.29, 1.82) is 0 Å². The lowest BCUT2D eigenvalue weighted by atomic mass is 9.92. The zero-order chi connectivity index (χ0) is 22.8. The summed E-state index contributed by atoms with van der Waals surface area (Å²) in [7, 11) is 4.05. The zero-order valence-corrected chi connectivity index (χ0v) is 19.0. The highest BCUT2D eigenvalue weighted by Crippen LogP contribution is 2.46. The van der Waals surface area contributed by atoms with Gasteiger partial charge in [0, 0.05) is 30.2 Å². The maximum Gasteiger partial charge on any atom is 0.159 e. The largest absolute Gasteiger partial charge is 0.374 e. The maximum absolute atomic E-state index is 16.1. The Morgan fingerprint density at radius 2 is 1.97 bits per heavy atom. The molecule has 1 aromatic heterocycles. The molecule has 32 heavy (non-hydrogen) atoms. The summed E-state index contributed by atoms with van der Waals surface area (Å²) in [6.45, 7) is 7.46.